The molecule has 0 radical (unpaired) electrons. The summed E-state index contributed by atoms with van der Waals surface area (Å²) in [5.74, 6) is 0.649. The van der Waals surface area contributed by atoms with Gasteiger partial charge in [-0.15, -0.1) is 0 Å². The number of carbonyl (C=O) groups is 1. The molecule has 0 amide bonds. The minimum absolute atomic E-state index is 0.0767. The lowest BCUT2D eigenvalue weighted by Crippen LogP contribution is -2.15. The Hall–Kier alpha value is -1.51. The van der Waals surface area contributed by atoms with E-state index in [-0.39, 0.29) is 12.1 Å². The van der Waals surface area contributed by atoms with Crippen LogP contribution in [0.5, 0.6) is 5.75 Å². The Morgan fingerprint density at radius 1 is 1.44 bits per heavy atom. The normalized spacial score (nSPS) is 18.8. The van der Waals surface area contributed by atoms with Crippen molar-refractivity contribution >= 4 is 5.97 Å². The van der Waals surface area contributed by atoms with Crippen LogP contribution in [0.4, 0.5) is 0 Å². The molecule has 0 aliphatic heterocycles. The van der Waals surface area contributed by atoms with E-state index in [0.717, 1.165) is 30.6 Å². The van der Waals surface area contributed by atoms with Crippen molar-refractivity contribution in [1.82, 2.24) is 0 Å². The molecule has 1 atom stereocenters. The summed E-state index contributed by atoms with van der Waals surface area (Å²) in [6.07, 6.45) is 2.92. The van der Waals surface area contributed by atoms with Gasteiger partial charge in [-0.2, -0.15) is 0 Å². The topological polar surface area (TPSA) is 35.5 Å². The number of methoxy groups -OCH3 is 1. The van der Waals surface area contributed by atoms with Crippen LogP contribution >= 0.6 is 0 Å². The summed E-state index contributed by atoms with van der Waals surface area (Å²) in [5.41, 5.74) is 2.36. The Kier molecular flexibility index (Phi) is 3.13. The van der Waals surface area contributed by atoms with E-state index in [1.165, 1.54) is 12.5 Å². The quantitative estimate of drug-likeness (QED) is 0.719. The fourth-order valence-electron chi connectivity index (χ4n) is 2.20. The number of fused-ring (bicyclic) bond motifs is 1. The third-order valence-electron chi connectivity index (χ3n) is 2.92. The van der Waals surface area contributed by atoms with Gasteiger partial charge < -0.3 is 9.47 Å². The second-order valence-electron chi connectivity index (χ2n) is 4.06. The summed E-state index contributed by atoms with van der Waals surface area (Å²) in [6, 6.07) is 5.95. The van der Waals surface area contributed by atoms with Gasteiger partial charge in [-0.25, -0.2) is 0 Å². The third-order valence-corrected chi connectivity index (χ3v) is 2.92. The molecule has 86 valence electrons. The Morgan fingerprint density at radius 2 is 2.25 bits per heavy atom. The van der Waals surface area contributed by atoms with Crippen molar-refractivity contribution in [2.24, 2.45) is 0 Å². The van der Waals surface area contributed by atoms with Gasteiger partial charge in [0.15, 0.2) is 0 Å². The average molecular weight is 220 g/mol. The number of aryl methyl sites for hydroxylation is 1. The SMILES string of the molecule is COc1ccc2c(c1)CCC[C@H]2OC(C)=O. The average Bonchev–Trinajstić information content (AvgIpc) is 2.28. The number of ether oxygens (including phenoxy) is 2. The molecule has 16 heavy (non-hydrogen) atoms. The molecule has 0 saturated heterocycles. The molecule has 1 aromatic carbocycles. The number of esters is 1. The van der Waals surface area contributed by atoms with Crippen LogP contribution in [0.2, 0.25) is 0 Å². The van der Waals surface area contributed by atoms with Crippen molar-refractivity contribution in [3.63, 3.8) is 0 Å². The molecule has 1 aliphatic rings. The van der Waals surface area contributed by atoms with Gasteiger partial charge in [0, 0.05) is 6.92 Å². The first-order chi connectivity index (χ1) is 7.70. The lowest BCUT2D eigenvalue weighted by Gasteiger charge is -2.25. The summed E-state index contributed by atoms with van der Waals surface area (Å²) in [4.78, 5) is 11.0. The predicted octanol–water partition coefficient (Wildman–Crippen LogP) is 2.64. The summed E-state index contributed by atoms with van der Waals surface area (Å²) < 4.78 is 10.5. The number of hydrogen-bond acceptors (Lipinski definition) is 3. The van der Waals surface area contributed by atoms with Crippen LogP contribution in [-0.4, -0.2) is 13.1 Å². The monoisotopic (exact) mass is 220 g/mol. The maximum Gasteiger partial charge on any atom is 0.303 e. The second kappa shape index (κ2) is 4.56. The summed E-state index contributed by atoms with van der Waals surface area (Å²) in [6.45, 7) is 1.46. The van der Waals surface area contributed by atoms with E-state index < -0.39 is 0 Å². The Balaban J connectivity index is 2.28. The highest BCUT2D eigenvalue weighted by Crippen LogP contribution is 2.34. The van der Waals surface area contributed by atoms with Crippen molar-refractivity contribution < 1.29 is 14.3 Å². The van der Waals surface area contributed by atoms with E-state index in [4.69, 9.17) is 9.47 Å². The zero-order valence-electron chi connectivity index (χ0n) is 9.66. The van der Waals surface area contributed by atoms with Crippen LogP contribution < -0.4 is 4.74 Å². The van der Waals surface area contributed by atoms with Gasteiger partial charge in [0.1, 0.15) is 11.9 Å². The molecule has 0 N–H and O–H groups in total. The number of benzene rings is 1. The van der Waals surface area contributed by atoms with Gasteiger partial charge in [-0.1, -0.05) is 6.07 Å². The van der Waals surface area contributed by atoms with Crippen molar-refractivity contribution in [2.45, 2.75) is 32.3 Å². The van der Waals surface area contributed by atoms with E-state index in [1.54, 1.807) is 7.11 Å². The van der Waals surface area contributed by atoms with Gasteiger partial charge in [-0.05, 0) is 42.5 Å². The molecule has 0 heterocycles. The first-order valence-electron chi connectivity index (χ1n) is 5.54. The first-order valence-corrected chi connectivity index (χ1v) is 5.54. The molecular formula is C13H16O3. The standard InChI is InChI=1S/C13H16O3/c1-9(14)16-13-5-3-4-10-8-11(15-2)6-7-12(10)13/h6-8,13H,3-5H2,1-2H3/t13-/m1/s1. The molecule has 0 spiro atoms. The van der Waals surface area contributed by atoms with Gasteiger partial charge >= 0.3 is 5.97 Å². The smallest absolute Gasteiger partial charge is 0.303 e. The largest absolute Gasteiger partial charge is 0.497 e. The second-order valence-corrected chi connectivity index (χ2v) is 4.06. The molecular weight excluding hydrogens is 204 g/mol. The molecule has 0 unspecified atom stereocenters. The van der Waals surface area contributed by atoms with Crippen LogP contribution in [-0.2, 0) is 16.0 Å². The van der Waals surface area contributed by atoms with Gasteiger partial charge in [0.05, 0.1) is 7.11 Å². The predicted molar refractivity (Wildman–Crippen MR) is 60.4 cm³/mol. The lowest BCUT2D eigenvalue weighted by molar-refractivity contribution is -0.147. The van der Waals surface area contributed by atoms with Crippen LogP contribution in [0, 0.1) is 0 Å². The fraction of sp³-hybridized carbons (Fsp3) is 0.462. The van der Waals surface area contributed by atoms with Crippen molar-refractivity contribution in [1.29, 1.82) is 0 Å². The van der Waals surface area contributed by atoms with E-state index in [1.807, 2.05) is 18.2 Å². The zero-order chi connectivity index (χ0) is 11.5. The van der Waals surface area contributed by atoms with Gasteiger partial charge in [0.2, 0.25) is 0 Å². The first kappa shape index (κ1) is 11.0. The summed E-state index contributed by atoms with van der Waals surface area (Å²) in [7, 11) is 1.66. The van der Waals surface area contributed by atoms with Crippen LogP contribution in [0.1, 0.15) is 37.0 Å². The highest BCUT2D eigenvalue weighted by Gasteiger charge is 2.22. The summed E-state index contributed by atoms with van der Waals surface area (Å²) in [5, 5.41) is 0. The maximum absolute atomic E-state index is 11.0. The molecule has 2 rings (SSSR count). The van der Waals surface area contributed by atoms with Gasteiger partial charge in [0.25, 0.3) is 0 Å². The van der Waals surface area contributed by atoms with Crippen molar-refractivity contribution in [2.75, 3.05) is 7.11 Å². The molecule has 0 saturated carbocycles. The minimum Gasteiger partial charge on any atom is -0.497 e. The maximum atomic E-state index is 11.0. The van der Waals surface area contributed by atoms with Gasteiger partial charge in [-0.3, -0.25) is 4.79 Å². The Labute approximate surface area is 95.4 Å². The van der Waals surface area contributed by atoms with E-state index in [2.05, 4.69) is 0 Å². The number of rotatable bonds is 2. The fourth-order valence-corrected chi connectivity index (χ4v) is 2.20. The third kappa shape index (κ3) is 2.18. The molecule has 0 bridgehead atoms. The zero-order valence-corrected chi connectivity index (χ0v) is 9.66. The molecule has 1 aliphatic carbocycles. The Bertz CT molecular complexity index is 398. The highest BCUT2D eigenvalue weighted by atomic mass is 16.5. The van der Waals surface area contributed by atoms with Crippen LogP contribution in [0.25, 0.3) is 0 Å². The molecule has 3 nitrogen and oxygen atoms in total. The molecule has 0 fully saturated rings. The van der Waals surface area contributed by atoms with Crippen LogP contribution in [0.15, 0.2) is 18.2 Å². The highest BCUT2D eigenvalue weighted by molar-refractivity contribution is 5.66. The minimum atomic E-state index is -0.214. The number of hydrogen-bond donors (Lipinski definition) is 0. The number of carbonyl (C=O) groups excluding carboxylic acids is 1. The summed E-state index contributed by atoms with van der Waals surface area (Å²) >= 11 is 0. The molecule has 3 heteroatoms. The van der Waals surface area contributed by atoms with E-state index >= 15 is 0 Å². The molecule has 0 aromatic heterocycles. The Morgan fingerprint density at radius 3 is 2.94 bits per heavy atom. The van der Waals surface area contributed by atoms with Crippen LogP contribution in [0.3, 0.4) is 0 Å². The lowest BCUT2D eigenvalue weighted by atomic mass is 9.89. The van der Waals surface area contributed by atoms with E-state index in [0.29, 0.717) is 0 Å². The van der Waals surface area contributed by atoms with Crippen molar-refractivity contribution in [3.8, 4) is 5.75 Å². The molecule has 1 aromatic rings. The van der Waals surface area contributed by atoms with E-state index in [9.17, 15) is 4.79 Å². The van der Waals surface area contributed by atoms with Crippen molar-refractivity contribution in [3.05, 3.63) is 29.3 Å².